The van der Waals surface area contributed by atoms with Gasteiger partial charge in [0.1, 0.15) is 0 Å². The summed E-state index contributed by atoms with van der Waals surface area (Å²) in [5, 5.41) is 3.38. The lowest BCUT2D eigenvalue weighted by Gasteiger charge is -2.18. The Morgan fingerprint density at radius 1 is 1.18 bits per heavy atom. The lowest BCUT2D eigenvalue weighted by atomic mass is 10.0. The van der Waals surface area contributed by atoms with Crippen molar-refractivity contribution in [3.63, 3.8) is 0 Å². The van der Waals surface area contributed by atoms with Gasteiger partial charge in [-0.05, 0) is 37.4 Å². The maximum atomic E-state index is 13.5. The monoisotopic (exact) mass is 241 g/mol. The number of halogens is 2. The van der Waals surface area contributed by atoms with Gasteiger partial charge in [-0.1, -0.05) is 32.4 Å². The highest BCUT2D eigenvalue weighted by Gasteiger charge is 2.13. The van der Waals surface area contributed by atoms with Crippen LogP contribution in [0.3, 0.4) is 0 Å². The van der Waals surface area contributed by atoms with E-state index in [1.165, 1.54) is 0 Å². The zero-order valence-electron chi connectivity index (χ0n) is 10.6. The van der Waals surface area contributed by atoms with Gasteiger partial charge in [0.15, 0.2) is 11.6 Å². The summed E-state index contributed by atoms with van der Waals surface area (Å²) in [6.45, 7) is 5.11. The molecule has 0 aliphatic rings. The Morgan fingerprint density at radius 3 is 2.59 bits per heavy atom. The molecule has 0 heterocycles. The first-order valence-electron chi connectivity index (χ1n) is 6.35. The predicted molar refractivity (Wildman–Crippen MR) is 67.1 cm³/mol. The molecule has 0 bridgehead atoms. The van der Waals surface area contributed by atoms with Crippen LogP contribution in [0.5, 0.6) is 0 Å². The van der Waals surface area contributed by atoms with Crippen molar-refractivity contribution in [3.8, 4) is 0 Å². The summed E-state index contributed by atoms with van der Waals surface area (Å²) >= 11 is 0. The molecule has 1 aromatic carbocycles. The molecule has 1 N–H and O–H groups in total. The zero-order chi connectivity index (χ0) is 12.7. The van der Waals surface area contributed by atoms with Crippen molar-refractivity contribution in [1.29, 1.82) is 0 Å². The van der Waals surface area contributed by atoms with Crippen molar-refractivity contribution < 1.29 is 8.78 Å². The van der Waals surface area contributed by atoms with Crippen molar-refractivity contribution >= 4 is 0 Å². The molecule has 1 nitrogen and oxygen atoms in total. The van der Waals surface area contributed by atoms with Crippen molar-refractivity contribution in [2.45, 2.75) is 45.6 Å². The van der Waals surface area contributed by atoms with Gasteiger partial charge in [0.2, 0.25) is 0 Å². The maximum absolute atomic E-state index is 13.5. The van der Waals surface area contributed by atoms with E-state index >= 15 is 0 Å². The molecule has 1 unspecified atom stereocenters. The maximum Gasteiger partial charge on any atom is 0.162 e. The van der Waals surface area contributed by atoms with Crippen molar-refractivity contribution in [3.05, 3.63) is 35.4 Å². The molecule has 0 radical (unpaired) electrons. The largest absolute Gasteiger partial charge is 0.314 e. The van der Waals surface area contributed by atoms with E-state index in [-0.39, 0.29) is 6.04 Å². The third-order valence-corrected chi connectivity index (χ3v) is 2.82. The van der Waals surface area contributed by atoms with E-state index in [1.807, 2.05) is 0 Å². The molecule has 0 fully saturated rings. The summed E-state index contributed by atoms with van der Waals surface area (Å²) in [7, 11) is 0. The summed E-state index contributed by atoms with van der Waals surface area (Å²) in [5.41, 5.74) is 0.465. The van der Waals surface area contributed by atoms with Crippen LogP contribution in [-0.4, -0.2) is 12.6 Å². The second-order valence-corrected chi connectivity index (χ2v) is 4.36. The van der Waals surface area contributed by atoms with E-state index in [0.29, 0.717) is 12.0 Å². The molecular weight excluding hydrogens is 220 g/mol. The Balaban J connectivity index is 2.67. The first-order valence-corrected chi connectivity index (χ1v) is 6.35. The average Bonchev–Trinajstić information content (AvgIpc) is 2.32. The summed E-state index contributed by atoms with van der Waals surface area (Å²) in [5.74, 6) is -1.46. The van der Waals surface area contributed by atoms with Crippen LogP contribution >= 0.6 is 0 Å². The average molecular weight is 241 g/mol. The lowest BCUT2D eigenvalue weighted by Crippen LogP contribution is -2.32. The van der Waals surface area contributed by atoms with Gasteiger partial charge in [-0.25, -0.2) is 8.78 Å². The van der Waals surface area contributed by atoms with Crippen LogP contribution in [0.25, 0.3) is 0 Å². The molecule has 0 amide bonds. The normalized spacial score (nSPS) is 12.7. The number of rotatable bonds is 7. The highest BCUT2D eigenvalue weighted by molar-refractivity contribution is 5.20. The van der Waals surface area contributed by atoms with Crippen LogP contribution in [0.2, 0.25) is 0 Å². The van der Waals surface area contributed by atoms with Crippen LogP contribution in [0.15, 0.2) is 18.2 Å². The van der Waals surface area contributed by atoms with Crippen LogP contribution in [0, 0.1) is 11.6 Å². The Kier molecular flexibility index (Phi) is 6.12. The Morgan fingerprint density at radius 2 is 1.94 bits per heavy atom. The van der Waals surface area contributed by atoms with Crippen LogP contribution < -0.4 is 5.32 Å². The third kappa shape index (κ3) is 4.43. The summed E-state index contributed by atoms with van der Waals surface area (Å²) in [6.07, 6.45) is 3.62. The van der Waals surface area contributed by atoms with Gasteiger partial charge in [-0.15, -0.1) is 0 Å². The molecule has 17 heavy (non-hydrogen) atoms. The Labute approximate surface area is 102 Å². The smallest absolute Gasteiger partial charge is 0.162 e. The van der Waals surface area contributed by atoms with E-state index in [2.05, 4.69) is 19.2 Å². The predicted octanol–water partition coefficient (Wildman–Crippen LogP) is 3.68. The van der Waals surface area contributed by atoms with E-state index in [4.69, 9.17) is 0 Å². The topological polar surface area (TPSA) is 12.0 Å². The third-order valence-electron chi connectivity index (χ3n) is 2.82. The molecular formula is C14H21F2N. The van der Waals surface area contributed by atoms with Gasteiger partial charge in [0.25, 0.3) is 0 Å². The fraction of sp³-hybridized carbons (Fsp3) is 0.571. The molecule has 0 aromatic heterocycles. The quantitative estimate of drug-likeness (QED) is 0.768. The second-order valence-electron chi connectivity index (χ2n) is 4.36. The SMILES string of the molecule is CCCNC(CCC)Cc1cccc(F)c1F. The van der Waals surface area contributed by atoms with E-state index in [1.54, 1.807) is 12.1 Å². The van der Waals surface area contributed by atoms with Crippen LogP contribution in [-0.2, 0) is 6.42 Å². The minimum absolute atomic E-state index is 0.233. The van der Waals surface area contributed by atoms with E-state index in [9.17, 15) is 8.78 Å². The van der Waals surface area contributed by atoms with Gasteiger partial charge >= 0.3 is 0 Å². The van der Waals surface area contributed by atoms with Crippen LogP contribution in [0.1, 0.15) is 38.7 Å². The second kappa shape index (κ2) is 7.38. The van der Waals surface area contributed by atoms with E-state index in [0.717, 1.165) is 31.9 Å². The van der Waals surface area contributed by atoms with Gasteiger partial charge in [0.05, 0.1) is 0 Å². The Bertz CT molecular complexity index is 339. The highest BCUT2D eigenvalue weighted by atomic mass is 19.2. The molecule has 0 saturated carbocycles. The van der Waals surface area contributed by atoms with Crippen LogP contribution in [0.4, 0.5) is 8.78 Å². The minimum Gasteiger partial charge on any atom is -0.314 e. The first kappa shape index (κ1) is 14.1. The van der Waals surface area contributed by atoms with Gasteiger partial charge in [0, 0.05) is 6.04 Å². The Hall–Kier alpha value is -0.960. The zero-order valence-corrected chi connectivity index (χ0v) is 10.6. The molecule has 3 heteroatoms. The van der Waals surface area contributed by atoms with E-state index < -0.39 is 11.6 Å². The molecule has 1 atom stereocenters. The molecule has 1 rings (SSSR count). The summed E-state index contributed by atoms with van der Waals surface area (Å²) in [6, 6.07) is 4.62. The standard InChI is InChI=1S/C14H21F2N/c1-3-6-12(17-9-4-2)10-11-7-5-8-13(15)14(11)16/h5,7-8,12,17H,3-4,6,9-10H2,1-2H3. The molecule has 0 spiro atoms. The highest BCUT2D eigenvalue weighted by Crippen LogP contribution is 2.15. The fourth-order valence-corrected chi connectivity index (χ4v) is 1.94. The number of benzene rings is 1. The molecule has 0 aliphatic heterocycles. The lowest BCUT2D eigenvalue weighted by molar-refractivity contribution is 0.450. The van der Waals surface area contributed by atoms with Gasteiger partial charge in [-0.2, -0.15) is 0 Å². The molecule has 0 saturated heterocycles. The fourth-order valence-electron chi connectivity index (χ4n) is 1.94. The van der Waals surface area contributed by atoms with Crippen molar-refractivity contribution in [2.75, 3.05) is 6.54 Å². The first-order chi connectivity index (χ1) is 8.19. The summed E-state index contributed by atoms with van der Waals surface area (Å²) in [4.78, 5) is 0. The molecule has 1 aromatic rings. The number of hydrogen-bond donors (Lipinski definition) is 1. The minimum atomic E-state index is -0.756. The van der Waals surface area contributed by atoms with Gasteiger partial charge < -0.3 is 5.32 Å². The number of nitrogens with one attached hydrogen (secondary N) is 1. The van der Waals surface area contributed by atoms with Crippen molar-refractivity contribution in [2.24, 2.45) is 0 Å². The molecule has 96 valence electrons. The summed E-state index contributed by atoms with van der Waals surface area (Å²) < 4.78 is 26.6. The van der Waals surface area contributed by atoms with Gasteiger partial charge in [-0.3, -0.25) is 0 Å². The van der Waals surface area contributed by atoms with Crippen molar-refractivity contribution in [1.82, 2.24) is 5.32 Å². The number of hydrogen-bond acceptors (Lipinski definition) is 1. The molecule has 0 aliphatic carbocycles.